The van der Waals surface area contributed by atoms with Crippen molar-refractivity contribution < 1.29 is 27.8 Å². The van der Waals surface area contributed by atoms with Gasteiger partial charge in [0.25, 0.3) is 0 Å². The Kier molecular flexibility index (Phi) is 8.02. The van der Waals surface area contributed by atoms with Crippen LogP contribution in [0.3, 0.4) is 0 Å². The first kappa shape index (κ1) is 29.8. The summed E-state index contributed by atoms with van der Waals surface area (Å²) in [5.74, 6) is -3.12. The normalized spacial score (nSPS) is 33.5. The number of rotatable bonds is 10. The number of likely N-dealkylation sites (tertiary alicyclic amines) is 1. The molecule has 42 heavy (non-hydrogen) atoms. The molecule has 3 saturated heterocycles. The fourth-order valence-corrected chi connectivity index (χ4v) is 8.60. The van der Waals surface area contributed by atoms with Gasteiger partial charge in [-0.2, -0.15) is 0 Å². The maximum atomic E-state index is 13.7. The predicted octanol–water partition coefficient (Wildman–Crippen LogP) is 4.94. The van der Waals surface area contributed by atoms with E-state index in [-0.39, 0.29) is 73.0 Å². The van der Waals surface area contributed by atoms with Gasteiger partial charge in [0.2, 0.25) is 11.8 Å². The largest absolute Gasteiger partial charge is 0.349 e. The van der Waals surface area contributed by atoms with Crippen LogP contribution < -0.4 is 5.32 Å². The molecule has 6 rings (SSSR count). The van der Waals surface area contributed by atoms with Crippen LogP contribution in [-0.2, 0) is 14.3 Å². The number of hydrogen-bond donors (Lipinski definition) is 1. The maximum Gasteiger partial charge on any atom is 0.321 e. The number of benzene rings is 1. The first-order chi connectivity index (χ1) is 20.1. The van der Waals surface area contributed by atoms with Gasteiger partial charge in [0.15, 0.2) is 6.29 Å². The van der Waals surface area contributed by atoms with Crippen molar-refractivity contribution in [2.75, 3.05) is 32.8 Å². The molecule has 10 heteroatoms. The smallest absolute Gasteiger partial charge is 0.321 e. The highest BCUT2D eigenvalue weighted by Gasteiger charge is 2.73. The minimum Gasteiger partial charge on any atom is -0.349 e. The van der Waals surface area contributed by atoms with E-state index in [2.05, 4.69) is 35.9 Å². The van der Waals surface area contributed by atoms with Crippen molar-refractivity contribution in [2.45, 2.75) is 114 Å². The van der Waals surface area contributed by atoms with Crippen molar-refractivity contribution in [3.8, 4) is 0 Å². The first-order valence-electron chi connectivity index (χ1n) is 15.9. The van der Waals surface area contributed by atoms with Crippen molar-refractivity contribution >= 4 is 11.9 Å². The second-order valence-corrected chi connectivity index (χ2v) is 13.5. The Morgan fingerprint density at radius 2 is 1.81 bits per heavy atom. The lowest BCUT2D eigenvalue weighted by molar-refractivity contribution is -0.130. The molecule has 1 N–H and O–H groups in total. The van der Waals surface area contributed by atoms with Gasteiger partial charge in [-0.15, -0.1) is 0 Å². The second kappa shape index (κ2) is 11.3. The van der Waals surface area contributed by atoms with Crippen LogP contribution in [-0.4, -0.2) is 94.9 Å². The fourth-order valence-electron chi connectivity index (χ4n) is 8.60. The lowest BCUT2D eigenvalue weighted by atomic mass is 9.86. The summed E-state index contributed by atoms with van der Waals surface area (Å²) in [4.78, 5) is 33.4. The van der Waals surface area contributed by atoms with Crippen molar-refractivity contribution in [1.82, 2.24) is 20.0 Å². The zero-order valence-electron chi connectivity index (χ0n) is 25.2. The van der Waals surface area contributed by atoms with Crippen molar-refractivity contribution in [3.05, 3.63) is 35.9 Å². The molecule has 5 aliphatic rings. The number of hydrogen-bond acceptors (Lipinski definition) is 5. The van der Waals surface area contributed by atoms with Gasteiger partial charge in [0.1, 0.15) is 0 Å². The average Bonchev–Trinajstić information content (AvgIpc) is 3.35. The molecule has 5 atom stereocenters. The molecule has 3 aliphatic heterocycles. The average molecular weight is 589 g/mol. The van der Waals surface area contributed by atoms with Crippen LogP contribution in [0.2, 0.25) is 0 Å². The van der Waals surface area contributed by atoms with Crippen LogP contribution >= 0.6 is 0 Å². The number of halogens is 2. The Labute approximate surface area is 248 Å². The number of amides is 3. The Balaban J connectivity index is 1.12. The summed E-state index contributed by atoms with van der Waals surface area (Å²) < 4.78 is 38.7. The third-order valence-electron chi connectivity index (χ3n) is 10.6. The number of fused-ring (bicyclic) bond motifs is 1. The number of nitrogens with zero attached hydrogens (tertiary/aromatic N) is 3. The summed E-state index contributed by atoms with van der Waals surface area (Å²) >= 11 is 0. The molecule has 8 nitrogen and oxygen atoms in total. The summed E-state index contributed by atoms with van der Waals surface area (Å²) in [6, 6.07) is 10.4. The van der Waals surface area contributed by atoms with Crippen LogP contribution in [0.25, 0.3) is 0 Å². The molecule has 4 unspecified atom stereocenters. The molecule has 0 radical (unpaired) electrons. The van der Waals surface area contributed by atoms with Gasteiger partial charge in [0.05, 0.1) is 31.3 Å². The molecule has 3 amide bonds. The SMILES string of the molecule is CCC12CC3(CC1N2CC[C@H](NC(=O)C1CCC(F)(F)CC1)c1ccccc1)CN(CC1OCCO1)C(=O)N3C(C)C. The van der Waals surface area contributed by atoms with E-state index >= 15 is 0 Å². The third-order valence-corrected chi connectivity index (χ3v) is 10.6. The van der Waals surface area contributed by atoms with Gasteiger partial charge in [0, 0.05) is 49.5 Å². The Hall–Kier alpha value is -2.30. The zero-order valence-corrected chi connectivity index (χ0v) is 25.2. The molecule has 0 aromatic heterocycles. The van der Waals surface area contributed by atoms with E-state index in [0.717, 1.165) is 37.8 Å². The summed E-state index contributed by atoms with van der Waals surface area (Å²) in [6.07, 6.45) is 3.32. The quantitative estimate of drug-likeness (QED) is 0.392. The van der Waals surface area contributed by atoms with Gasteiger partial charge in [-0.25, -0.2) is 13.6 Å². The van der Waals surface area contributed by atoms with Gasteiger partial charge >= 0.3 is 6.03 Å². The molecule has 1 spiro atoms. The summed E-state index contributed by atoms with van der Waals surface area (Å²) in [6.45, 7) is 9.59. The lowest BCUT2D eigenvalue weighted by Crippen LogP contribution is -2.52. The first-order valence-corrected chi connectivity index (χ1v) is 15.9. The Morgan fingerprint density at radius 3 is 2.43 bits per heavy atom. The molecule has 1 aromatic rings. The molecule has 2 saturated carbocycles. The van der Waals surface area contributed by atoms with Gasteiger partial charge < -0.3 is 24.6 Å². The second-order valence-electron chi connectivity index (χ2n) is 13.5. The van der Waals surface area contributed by atoms with Crippen LogP contribution in [0.1, 0.15) is 83.7 Å². The fraction of sp³-hybridized carbons (Fsp3) is 0.750. The maximum absolute atomic E-state index is 13.7. The number of nitrogens with one attached hydrogen (secondary N) is 1. The number of carbonyl (C=O) groups excluding carboxylic acids is 2. The van der Waals surface area contributed by atoms with E-state index < -0.39 is 5.92 Å². The summed E-state index contributed by atoms with van der Waals surface area (Å²) in [5.41, 5.74) is 0.890. The number of piperidine rings is 1. The van der Waals surface area contributed by atoms with E-state index in [0.29, 0.717) is 32.3 Å². The highest BCUT2D eigenvalue weighted by atomic mass is 19.3. The summed E-state index contributed by atoms with van der Waals surface area (Å²) in [5, 5.41) is 3.23. The third kappa shape index (κ3) is 5.43. The molecule has 1 aromatic carbocycles. The summed E-state index contributed by atoms with van der Waals surface area (Å²) in [7, 11) is 0. The number of alkyl halides is 2. The van der Waals surface area contributed by atoms with E-state index in [9.17, 15) is 18.4 Å². The zero-order chi connectivity index (χ0) is 29.7. The van der Waals surface area contributed by atoms with E-state index in [4.69, 9.17) is 9.47 Å². The number of urea groups is 1. The van der Waals surface area contributed by atoms with Crippen LogP contribution in [0, 0.1) is 5.92 Å². The van der Waals surface area contributed by atoms with E-state index in [1.807, 2.05) is 35.2 Å². The minimum absolute atomic E-state index is 0.0456. The van der Waals surface area contributed by atoms with Gasteiger partial charge in [-0.3, -0.25) is 9.69 Å². The Bertz CT molecular complexity index is 1140. The molecular formula is C32H46F2N4O4. The predicted molar refractivity (Wildman–Crippen MR) is 154 cm³/mol. The lowest BCUT2D eigenvalue weighted by Gasteiger charge is -2.40. The molecule has 5 fully saturated rings. The van der Waals surface area contributed by atoms with E-state index in [1.54, 1.807) is 0 Å². The van der Waals surface area contributed by atoms with Gasteiger partial charge in [-0.05, 0) is 57.9 Å². The Morgan fingerprint density at radius 1 is 1.12 bits per heavy atom. The molecule has 0 bridgehead atoms. The van der Waals surface area contributed by atoms with Crippen LogP contribution in [0.4, 0.5) is 13.6 Å². The van der Waals surface area contributed by atoms with Crippen molar-refractivity contribution in [2.24, 2.45) is 5.92 Å². The molecular weight excluding hydrogens is 542 g/mol. The molecule has 3 heterocycles. The van der Waals surface area contributed by atoms with Crippen molar-refractivity contribution in [1.29, 1.82) is 0 Å². The standard InChI is InChI=1S/C32H46F2N4O4/c1-4-31-20-30(21-36(19-27-41-16-17-42-27)29(40)38(30)22(2)3)18-26(31)37(31)15-12-25(23-8-6-5-7-9-23)35-28(39)24-10-13-32(33,34)14-11-24/h5-9,22,24-27H,4,10-21H2,1-3H3,(H,35,39)/t25-,26?,30?,31?,37?/m0/s1. The van der Waals surface area contributed by atoms with Gasteiger partial charge in [-0.1, -0.05) is 37.3 Å². The molecule has 2 aliphatic carbocycles. The monoisotopic (exact) mass is 588 g/mol. The topological polar surface area (TPSA) is 74.1 Å². The molecule has 232 valence electrons. The van der Waals surface area contributed by atoms with Crippen molar-refractivity contribution in [3.63, 3.8) is 0 Å². The van der Waals surface area contributed by atoms with Crippen LogP contribution in [0.5, 0.6) is 0 Å². The highest BCUT2D eigenvalue weighted by molar-refractivity contribution is 5.79. The highest BCUT2D eigenvalue weighted by Crippen LogP contribution is 2.62. The van der Waals surface area contributed by atoms with Crippen LogP contribution in [0.15, 0.2) is 30.3 Å². The number of ether oxygens (including phenoxy) is 2. The van der Waals surface area contributed by atoms with E-state index in [1.165, 1.54) is 0 Å². The minimum atomic E-state index is -2.65. The number of carbonyl (C=O) groups is 2.